The summed E-state index contributed by atoms with van der Waals surface area (Å²) in [7, 11) is 0. The molecular formula is C11H20O8. The van der Waals surface area contributed by atoms with E-state index < -0.39 is 43.0 Å². The topological polar surface area (TPSA) is 145 Å². The zero-order valence-electron chi connectivity index (χ0n) is 10.8. The number of carbonyl (C=O) groups excluding carboxylic acids is 2. The van der Waals surface area contributed by atoms with Gasteiger partial charge in [0.15, 0.2) is 6.10 Å². The Morgan fingerprint density at radius 3 is 2.00 bits per heavy atom. The second-order valence-corrected chi connectivity index (χ2v) is 4.57. The van der Waals surface area contributed by atoms with Gasteiger partial charge in [-0.3, -0.25) is 4.79 Å². The molecule has 19 heavy (non-hydrogen) atoms. The Morgan fingerprint density at radius 2 is 1.58 bits per heavy atom. The van der Waals surface area contributed by atoms with Crippen LogP contribution in [-0.2, 0) is 14.3 Å². The number of hydrogen-bond acceptors (Lipinski definition) is 8. The molecule has 8 heteroatoms. The third-order valence-electron chi connectivity index (χ3n) is 2.29. The summed E-state index contributed by atoms with van der Waals surface area (Å²) < 4.78 is 4.26. The average Bonchev–Trinajstić information content (AvgIpc) is 2.33. The average molecular weight is 280 g/mol. The van der Waals surface area contributed by atoms with Crippen LogP contribution in [0.3, 0.4) is 0 Å². The molecule has 0 rings (SSSR count). The Bertz CT molecular complexity index is 303. The van der Waals surface area contributed by atoms with E-state index in [1.54, 1.807) is 13.8 Å². The van der Waals surface area contributed by atoms with E-state index >= 15 is 0 Å². The van der Waals surface area contributed by atoms with Crippen molar-refractivity contribution in [1.82, 2.24) is 0 Å². The zero-order chi connectivity index (χ0) is 15.2. The number of aliphatic hydroxyl groups is 5. The molecule has 0 aromatic carbocycles. The van der Waals surface area contributed by atoms with Gasteiger partial charge in [0.05, 0.1) is 6.61 Å². The van der Waals surface area contributed by atoms with Gasteiger partial charge in [-0.05, 0) is 5.92 Å². The van der Waals surface area contributed by atoms with Crippen LogP contribution in [0.5, 0.6) is 0 Å². The molecule has 0 bridgehead atoms. The van der Waals surface area contributed by atoms with Gasteiger partial charge in [-0.2, -0.15) is 0 Å². The summed E-state index contributed by atoms with van der Waals surface area (Å²) in [5.41, 5.74) is 0. The third-order valence-corrected chi connectivity index (χ3v) is 2.29. The highest BCUT2D eigenvalue weighted by molar-refractivity contribution is 5.88. The van der Waals surface area contributed by atoms with E-state index in [-0.39, 0.29) is 12.3 Å². The first-order valence-electron chi connectivity index (χ1n) is 5.78. The Kier molecular flexibility index (Phi) is 7.72. The predicted octanol–water partition coefficient (Wildman–Crippen LogP) is -2.46. The molecule has 0 heterocycles. The van der Waals surface area contributed by atoms with Crippen molar-refractivity contribution in [3.63, 3.8) is 0 Å². The first kappa shape index (κ1) is 17.9. The quantitative estimate of drug-likeness (QED) is 0.255. The maximum Gasteiger partial charge on any atom is 0.345 e. The molecule has 0 aliphatic carbocycles. The molecule has 0 amide bonds. The van der Waals surface area contributed by atoms with Crippen LogP contribution in [0.15, 0.2) is 0 Å². The number of rotatable bonds is 7. The van der Waals surface area contributed by atoms with Crippen molar-refractivity contribution < 1.29 is 39.9 Å². The lowest BCUT2D eigenvalue weighted by Crippen LogP contribution is -2.49. The van der Waals surface area contributed by atoms with Gasteiger partial charge in [-0.15, -0.1) is 0 Å². The van der Waals surface area contributed by atoms with Crippen LogP contribution in [0.25, 0.3) is 0 Å². The van der Waals surface area contributed by atoms with Gasteiger partial charge in [0.25, 0.3) is 0 Å². The second-order valence-electron chi connectivity index (χ2n) is 4.57. The standard InChI is InChI=1S/C11H20O8/c1-5(2)3-7(14)19-11(18)10(17)9(16)8(15)6(13)4-12/h5-6,8-10,12-13,15-17H,3-4H2,1-2H3/t6-,8-,9+,10-/m1/s1. The summed E-state index contributed by atoms with van der Waals surface area (Å²) in [4.78, 5) is 22.4. The van der Waals surface area contributed by atoms with Crippen LogP contribution in [0.2, 0.25) is 0 Å². The van der Waals surface area contributed by atoms with E-state index in [2.05, 4.69) is 4.74 Å². The molecule has 0 radical (unpaired) electrons. The first-order chi connectivity index (χ1) is 8.70. The third kappa shape index (κ3) is 6.08. The Morgan fingerprint density at radius 1 is 1.05 bits per heavy atom. The van der Waals surface area contributed by atoms with E-state index in [4.69, 9.17) is 10.2 Å². The van der Waals surface area contributed by atoms with Crippen LogP contribution >= 0.6 is 0 Å². The molecule has 5 N–H and O–H groups in total. The van der Waals surface area contributed by atoms with Crippen molar-refractivity contribution in [3.05, 3.63) is 0 Å². The molecule has 0 aromatic rings. The number of carbonyl (C=O) groups is 2. The number of ether oxygens (including phenoxy) is 1. The minimum atomic E-state index is -2.20. The van der Waals surface area contributed by atoms with E-state index in [0.29, 0.717) is 0 Å². The van der Waals surface area contributed by atoms with Crippen molar-refractivity contribution in [2.24, 2.45) is 5.92 Å². The highest BCUT2D eigenvalue weighted by Crippen LogP contribution is 2.08. The molecular weight excluding hydrogens is 260 g/mol. The Hall–Kier alpha value is -1.06. The highest BCUT2D eigenvalue weighted by atomic mass is 16.6. The van der Waals surface area contributed by atoms with Crippen molar-refractivity contribution >= 4 is 11.9 Å². The minimum Gasteiger partial charge on any atom is -0.394 e. The summed E-state index contributed by atoms with van der Waals surface area (Å²) in [6, 6.07) is 0. The number of aliphatic hydroxyl groups excluding tert-OH is 5. The van der Waals surface area contributed by atoms with Gasteiger partial charge in [-0.25, -0.2) is 4.79 Å². The van der Waals surface area contributed by atoms with Gasteiger partial charge in [-0.1, -0.05) is 13.8 Å². The molecule has 0 aliphatic heterocycles. The molecule has 0 fully saturated rings. The largest absolute Gasteiger partial charge is 0.394 e. The van der Waals surface area contributed by atoms with Crippen LogP contribution in [0.1, 0.15) is 20.3 Å². The maximum atomic E-state index is 11.3. The molecule has 0 aromatic heterocycles. The predicted molar refractivity (Wildman–Crippen MR) is 61.7 cm³/mol. The molecule has 4 atom stereocenters. The highest BCUT2D eigenvalue weighted by Gasteiger charge is 2.36. The van der Waals surface area contributed by atoms with Crippen molar-refractivity contribution in [2.45, 2.75) is 44.7 Å². The fourth-order valence-corrected chi connectivity index (χ4v) is 1.21. The van der Waals surface area contributed by atoms with Crippen LogP contribution < -0.4 is 0 Å². The number of hydrogen-bond donors (Lipinski definition) is 5. The van der Waals surface area contributed by atoms with E-state index in [9.17, 15) is 24.9 Å². The summed E-state index contributed by atoms with van der Waals surface area (Å²) in [5.74, 6) is -2.35. The number of esters is 2. The summed E-state index contributed by atoms with van der Waals surface area (Å²) in [5, 5.41) is 45.6. The van der Waals surface area contributed by atoms with Crippen molar-refractivity contribution in [1.29, 1.82) is 0 Å². The molecule has 0 saturated heterocycles. The minimum absolute atomic E-state index is 0.0453. The monoisotopic (exact) mass is 280 g/mol. The molecule has 0 spiro atoms. The summed E-state index contributed by atoms with van der Waals surface area (Å²) in [6.07, 6.45) is -8.01. The maximum absolute atomic E-state index is 11.3. The fourth-order valence-electron chi connectivity index (χ4n) is 1.21. The molecule has 112 valence electrons. The van der Waals surface area contributed by atoms with Gasteiger partial charge >= 0.3 is 11.9 Å². The SMILES string of the molecule is CC(C)CC(=O)OC(=O)[C@H](O)[C@@H](O)[C@H](O)[C@H](O)CO. The van der Waals surface area contributed by atoms with Gasteiger partial charge < -0.3 is 30.3 Å². The smallest absolute Gasteiger partial charge is 0.345 e. The molecule has 0 unspecified atom stereocenters. The lowest BCUT2D eigenvalue weighted by Gasteiger charge is -2.24. The zero-order valence-corrected chi connectivity index (χ0v) is 10.8. The van der Waals surface area contributed by atoms with E-state index in [1.807, 2.05) is 0 Å². The lowest BCUT2D eigenvalue weighted by atomic mass is 10.0. The van der Waals surface area contributed by atoms with Crippen LogP contribution in [-0.4, -0.2) is 68.5 Å². The molecule has 0 aliphatic rings. The summed E-state index contributed by atoms with van der Waals surface area (Å²) >= 11 is 0. The Balaban J connectivity index is 4.43. The van der Waals surface area contributed by atoms with Crippen molar-refractivity contribution in [2.75, 3.05) is 6.61 Å². The molecule has 8 nitrogen and oxygen atoms in total. The van der Waals surface area contributed by atoms with Gasteiger partial charge in [0.2, 0.25) is 0 Å². The molecule has 0 saturated carbocycles. The van der Waals surface area contributed by atoms with Gasteiger partial charge in [0, 0.05) is 6.42 Å². The lowest BCUT2D eigenvalue weighted by molar-refractivity contribution is -0.177. The Labute approximate surface area is 110 Å². The second kappa shape index (κ2) is 8.18. The first-order valence-corrected chi connectivity index (χ1v) is 5.78. The van der Waals surface area contributed by atoms with E-state index in [0.717, 1.165) is 0 Å². The fraction of sp³-hybridized carbons (Fsp3) is 0.818. The van der Waals surface area contributed by atoms with E-state index in [1.165, 1.54) is 0 Å². The van der Waals surface area contributed by atoms with Crippen molar-refractivity contribution in [3.8, 4) is 0 Å². The summed E-state index contributed by atoms with van der Waals surface area (Å²) in [6.45, 7) is 2.57. The van der Waals surface area contributed by atoms with Crippen LogP contribution in [0.4, 0.5) is 0 Å². The van der Waals surface area contributed by atoms with Crippen LogP contribution in [0, 0.1) is 5.92 Å². The van der Waals surface area contributed by atoms with Gasteiger partial charge in [0.1, 0.15) is 18.3 Å². The normalized spacial score (nSPS) is 17.7.